The van der Waals surface area contributed by atoms with Crippen LogP contribution in [-0.2, 0) is 9.59 Å². The van der Waals surface area contributed by atoms with Gasteiger partial charge in [-0.2, -0.15) is 0 Å². The number of nitrogens with zero attached hydrogens (tertiary/aromatic N) is 1. The summed E-state index contributed by atoms with van der Waals surface area (Å²) < 4.78 is 5.13. The van der Waals surface area contributed by atoms with Gasteiger partial charge in [-0.1, -0.05) is 19.9 Å². The second kappa shape index (κ2) is 7.53. The quantitative estimate of drug-likeness (QED) is 0.863. The van der Waals surface area contributed by atoms with E-state index in [0.29, 0.717) is 23.9 Å². The van der Waals surface area contributed by atoms with Crippen molar-refractivity contribution in [2.75, 3.05) is 25.1 Å². The highest BCUT2D eigenvalue weighted by Gasteiger charge is 2.16. The highest BCUT2D eigenvalue weighted by Crippen LogP contribution is 2.20. The number of methoxy groups -OCH3 is 1. The molecule has 0 radical (unpaired) electrons. The third-order valence-corrected chi connectivity index (χ3v) is 2.75. The van der Waals surface area contributed by atoms with Gasteiger partial charge in [0.1, 0.15) is 12.3 Å². The van der Waals surface area contributed by atoms with Crippen LogP contribution in [0.2, 0.25) is 0 Å². The molecule has 1 rings (SSSR count). The minimum absolute atomic E-state index is 0.00915. The maximum absolute atomic E-state index is 11.9. The number of nitrogens with one attached hydrogen (secondary N) is 1. The molecule has 5 heteroatoms. The summed E-state index contributed by atoms with van der Waals surface area (Å²) >= 11 is 0. The molecule has 0 aliphatic heterocycles. The molecule has 1 aromatic carbocycles. The topological polar surface area (TPSA) is 58.6 Å². The zero-order chi connectivity index (χ0) is 15.1. The molecule has 2 amide bonds. The van der Waals surface area contributed by atoms with Crippen LogP contribution in [0.5, 0.6) is 5.75 Å². The lowest BCUT2D eigenvalue weighted by Gasteiger charge is -2.21. The van der Waals surface area contributed by atoms with Gasteiger partial charge in [-0.15, -0.1) is 0 Å². The predicted molar refractivity (Wildman–Crippen MR) is 78.9 cm³/mol. The average molecular weight is 278 g/mol. The van der Waals surface area contributed by atoms with Crippen LogP contribution < -0.4 is 15.0 Å². The number of hydrogen-bond acceptors (Lipinski definition) is 3. The number of rotatable bonds is 6. The van der Waals surface area contributed by atoms with Gasteiger partial charge in [0.15, 0.2) is 0 Å². The number of hydrogen-bond donors (Lipinski definition) is 1. The van der Waals surface area contributed by atoms with Crippen molar-refractivity contribution in [2.45, 2.75) is 20.8 Å². The van der Waals surface area contributed by atoms with Crippen LogP contribution in [0.1, 0.15) is 20.8 Å². The standard InChI is InChI=1S/C15H22N2O3/c1-11(2)9-16-15(19)10-17(12(3)18)13-6-5-7-14(8-13)20-4/h5-8,11H,9-10H2,1-4H3,(H,16,19). The van der Waals surface area contributed by atoms with Gasteiger partial charge in [0.05, 0.1) is 7.11 Å². The van der Waals surface area contributed by atoms with Crippen LogP contribution in [0, 0.1) is 5.92 Å². The third kappa shape index (κ3) is 4.91. The number of anilines is 1. The zero-order valence-corrected chi connectivity index (χ0v) is 12.5. The minimum atomic E-state index is -0.182. The number of carbonyl (C=O) groups excluding carboxylic acids is 2. The molecule has 1 aromatic rings. The molecule has 0 fully saturated rings. The van der Waals surface area contributed by atoms with Gasteiger partial charge in [0.25, 0.3) is 0 Å². The fraction of sp³-hybridized carbons (Fsp3) is 0.467. The van der Waals surface area contributed by atoms with E-state index in [0.717, 1.165) is 0 Å². The molecule has 110 valence electrons. The Hall–Kier alpha value is -2.04. The van der Waals surface area contributed by atoms with Gasteiger partial charge in [-0.3, -0.25) is 9.59 Å². The largest absolute Gasteiger partial charge is 0.497 e. The lowest BCUT2D eigenvalue weighted by atomic mass is 10.2. The van der Waals surface area contributed by atoms with Crippen molar-refractivity contribution in [3.8, 4) is 5.75 Å². The van der Waals surface area contributed by atoms with Gasteiger partial charge in [0.2, 0.25) is 11.8 Å². The molecule has 0 heterocycles. The molecule has 1 N–H and O–H groups in total. The zero-order valence-electron chi connectivity index (χ0n) is 12.5. The van der Waals surface area contributed by atoms with Gasteiger partial charge >= 0.3 is 0 Å². The number of amides is 2. The molecular weight excluding hydrogens is 256 g/mol. The van der Waals surface area contributed by atoms with Gasteiger partial charge in [0, 0.05) is 25.2 Å². The Bertz CT molecular complexity index is 472. The summed E-state index contributed by atoms with van der Waals surface area (Å²) in [5.74, 6) is 0.674. The molecule has 0 atom stereocenters. The fourth-order valence-corrected chi connectivity index (χ4v) is 1.68. The fourth-order valence-electron chi connectivity index (χ4n) is 1.68. The normalized spacial score (nSPS) is 10.2. The van der Waals surface area contributed by atoms with Crippen LogP contribution in [0.15, 0.2) is 24.3 Å². The molecule has 0 aromatic heterocycles. The van der Waals surface area contributed by atoms with Crippen LogP contribution in [0.4, 0.5) is 5.69 Å². The molecule has 0 unspecified atom stereocenters. The van der Waals surface area contributed by atoms with Crippen molar-refractivity contribution in [2.24, 2.45) is 5.92 Å². The first-order valence-electron chi connectivity index (χ1n) is 6.63. The van der Waals surface area contributed by atoms with Crippen LogP contribution >= 0.6 is 0 Å². The number of carbonyl (C=O) groups is 2. The Morgan fingerprint density at radius 1 is 1.35 bits per heavy atom. The van der Waals surface area contributed by atoms with Gasteiger partial charge in [-0.25, -0.2) is 0 Å². The van der Waals surface area contributed by atoms with Crippen molar-refractivity contribution in [3.63, 3.8) is 0 Å². The maximum Gasteiger partial charge on any atom is 0.240 e. The summed E-state index contributed by atoms with van der Waals surface area (Å²) in [7, 11) is 1.56. The second-order valence-electron chi connectivity index (χ2n) is 5.00. The van der Waals surface area contributed by atoms with Crippen molar-refractivity contribution in [1.29, 1.82) is 0 Å². The first kappa shape index (κ1) is 16.0. The maximum atomic E-state index is 11.9. The number of benzene rings is 1. The van der Waals surface area contributed by atoms with Crippen molar-refractivity contribution < 1.29 is 14.3 Å². The molecule has 0 saturated carbocycles. The lowest BCUT2D eigenvalue weighted by Crippen LogP contribution is -2.40. The first-order chi connectivity index (χ1) is 9.43. The van der Waals surface area contributed by atoms with E-state index in [1.165, 1.54) is 11.8 Å². The second-order valence-corrected chi connectivity index (χ2v) is 5.00. The van der Waals surface area contributed by atoms with E-state index in [-0.39, 0.29) is 18.4 Å². The van der Waals surface area contributed by atoms with E-state index < -0.39 is 0 Å². The molecule has 0 spiro atoms. The SMILES string of the molecule is COc1cccc(N(CC(=O)NCC(C)C)C(C)=O)c1. The highest BCUT2D eigenvalue weighted by atomic mass is 16.5. The van der Waals surface area contributed by atoms with Crippen molar-refractivity contribution in [1.82, 2.24) is 5.32 Å². The highest BCUT2D eigenvalue weighted by molar-refractivity contribution is 5.97. The molecule has 0 aliphatic rings. The minimum Gasteiger partial charge on any atom is -0.497 e. The monoisotopic (exact) mass is 278 g/mol. The predicted octanol–water partition coefficient (Wildman–Crippen LogP) is 1.82. The lowest BCUT2D eigenvalue weighted by molar-refractivity contribution is -0.123. The number of ether oxygens (including phenoxy) is 1. The summed E-state index contributed by atoms with van der Waals surface area (Å²) in [6, 6.07) is 7.09. The smallest absolute Gasteiger partial charge is 0.240 e. The van der Waals surface area contributed by atoms with E-state index in [4.69, 9.17) is 4.74 Å². The van der Waals surface area contributed by atoms with Crippen LogP contribution in [0.25, 0.3) is 0 Å². The van der Waals surface area contributed by atoms with Crippen molar-refractivity contribution >= 4 is 17.5 Å². The van der Waals surface area contributed by atoms with Gasteiger partial charge in [-0.05, 0) is 18.1 Å². The Morgan fingerprint density at radius 2 is 2.05 bits per heavy atom. The Balaban J connectivity index is 2.78. The molecule has 5 nitrogen and oxygen atoms in total. The summed E-state index contributed by atoms with van der Waals surface area (Å²) in [5, 5.41) is 2.80. The molecular formula is C15H22N2O3. The third-order valence-electron chi connectivity index (χ3n) is 2.75. The van der Waals surface area contributed by atoms with E-state index in [1.54, 1.807) is 31.4 Å². The van der Waals surface area contributed by atoms with Crippen LogP contribution in [-0.4, -0.2) is 32.0 Å². The molecule has 20 heavy (non-hydrogen) atoms. The summed E-state index contributed by atoms with van der Waals surface area (Å²) in [4.78, 5) is 25.0. The first-order valence-corrected chi connectivity index (χ1v) is 6.63. The Kier molecular flexibility index (Phi) is 6.03. The molecule has 0 bridgehead atoms. The van der Waals surface area contributed by atoms with E-state index in [9.17, 15) is 9.59 Å². The Morgan fingerprint density at radius 3 is 2.60 bits per heavy atom. The van der Waals surface area contributed by atoms with E-state index in [2.05, 4.69) is 5.32 Å². The summed E-state index contributed by atoms with van der Waals surface area (Å²) in [5.41, 5.74) is 0.650. The van der Waals surface area contributed by atoms with E-state index >= 15 is 0 Å². The molecule has 0 aliphatic carbocycles. The summed E-state index contributed by atoms with van der Waals surface area (Å²) in [6.45, 7) is 6.09. The average Bonchev–Trinajstić information content (AvgIpc) is 2.42. The van der Waals surface area contributed by atoms with Crippen molar-refractivity contribution in [3.05, 3.63) is 24.3 Å². The molecule has 0 saturated heterocycles. The van der Waals surface area contributed by atoms with Crippen LogP contribution in [0.3, 0.4) is 0 Å². The summed E-state index contributed by atoms with van der Waals surface area (Å²) in [6.07, 6.45) is 0. The Labute approximate surface area is 119 Å². The van der Waals surface area contributed by atoms with Gasteiger partial charge < -0.3 is 15.0 Å². The van der Waals surface area contributed by atoms with E-state index in [1.807, 2.05) is 13.8 Å².